The van der Waals surface area contributed by atoms with Gasteiger partial charge in [-0.05, 0) is 54.6 Å². The number of hydrogen-bond donors (Lipinski definition) is 2. The van der Waals surface area contributed by atoms with Gasteiger partial charge in [0, 0.05) is 31.7 Å². The summed E-state index contributed by atoms with van der Waals surface area (Å²) in [6.45, 7) is 10.5. The zero-order valence-corrected chi connectivity index (χ0v) is 20.5. The first-order valence-corrected chi connectivity index (χ1v) is 12.1. The van der Waals surface area contributed by atoms with Crippen LogP contribution in [0.3, 0.4) is 0 Å². The van der Waals surface area contributed by atoms with E-state index in [0.717, 1.165) is 48.2 Å². The summed E-state index contributed by atoms with van der Waals surface area (Å²) in [4.78, 5) is 15.4. The molecule has 0 spiro atoms. The third kappa shape index (κ3) is 5.97. The van der Waals surface area contributed by atoms with Crippen molar-refractivity contribution in [1.82, 2.24) is 25.0 Å². The summed E-state index contributed by atoms with van der Waals surface area (Å²) < 4.78 is 2.19. The van der Waals surface area contributed by atoms with Crippen LogP contribution in [-0.4, -0.2) is 38.7 Å². The normalized spacial score (nSPS) is 18.9. The van der Waals surface area contributed by atoms with Gasteiger partial charge in [0.2, 0.25) is 5.91 Å². The molecular weight excluding hydrogens is 430 g/mol. The summed E-state index contributed by atoms with van der Waals surface area (Å²) >= 11 is 5.39. The van der Waals surface area contributed by atoms with Gasteiger partial charge in [0.15, 0.2) is 10.6 Å². The van der Waals surface area contributed by atoms with Crippen molar-refractivity contribution in [1.29, 1.82) is 0 Å². The topological polar surface area (TPSA) is 66.0 Å². The quantitative estimate of drug-likeness (QED) is 0.498. The number of benzene rings is 2. The molecule has 2 aromatic carbocycles. The van der Waals surface area contributed by atoms with Crippen LogP contribution >= 0.6 is 12.2 Å². The number of carbonyl (C=O) groups is 1. The molecule has 1 aromatic heterocycles. The molecule has 4 rings (SSSR count). The molecule has 1 aliphatic heterocycles. The fraction of sp³-hybridized carbons (Fsp3) is 0.423. The van der Waals surface area contributed by atoms with Gasteiger partial charge in [-0.15, -0.1) is 0 Å². The number of aromatic amines is 1. The molecule has 6 nitrogen and oxygen atoms in total. The van der Waals surface area contributed by atoms with Crippen molar-refractivity contribution in [3.8, 4) is 11.4 Å². The van der Waals surface area contributed by atoms with E-state index in [4.69, 9.17) is 12.2 Å². The lowest BCUT2D eigenvalue weighted by Crippen LogP contribution is -2.38. The van der Waals surface area contributed by atoms with Gasteiger partial charge in [0.05, 0.1) is 0 Å². The molecule has 1 fully saturated rings. The van der Waals surface area contributed by atoms with Crippen LogP contribution in [0.5, 0.6) is 0 Å². The number of aryl methyl sites for hydroxylation is 1. The van der Waals surface area contributed by atoms with Crippen LogP contribution in [-0.2, 0) is 24.4 Å². The maximum Gasteiger partial charge on any atom is 0.240 e. The Bertz CT molecular complexity index is 1160. The fourth-order valence-corrected chi connectivity index (χ4v) is 5.11. The highest BCUT2D eigenvalue weighted by atomic mass is 32.1. The minimum atomic E-state index is -0.0866. The van der Waals surface area contributed by atoms with Crippen LogP contribution in [0.2, 0.25) is 0 Å². The number of piperidine rings is 1. The zero-order valence-electron chi connectivity index (χ0n) is 19.7. The van der Waals surface area contributed by atoms with Crippen LogP contribution in [0.15, 0.2) is 48.5 Å². The van der Waals surface area contributed by atoms with E-state index < -0.39 is 0 Å². The SMILES string of the molecule is Cc1cccc(-c2n[nH]c(=S)n2CC(=O)NCc2ccccc2CN2CC(C)CC(C)C2)c1. The van der Waals surface area contributed by atoms with Gasteiger partial charge in [-0.2, -0.15) is 5.10 Å². The number of nitrogens with zero attached hydrogens (tertiary/aromatic N) is 3. The minimum Gasteiger partial charge on any atom is -0.350 e. The number of likely N-dealkylation sites (tertiary alicyclic amines) is 1. The smallest absolute Gasteiger partial charge is 0.240 e. The van der Waals surface area contributed by atoms with Crippen molar-refractivity contribution in [3.63, 3.8) is 0 Å². The Morgan fingerprint density at radius 2 is 1.85 bits per heavy atom. The number of rotatable bonds is 7. The highest BCUT2D eigenvalue weighted by molar-refractivity contribution is 7.71. The molecule has 0 aliphatic carbocycles. The highest BCUT2D eigenvalue weighted by Gasteiger charge is 2.22. The van der Waals surface area contributed by atoms with Crippen LogP contribution in [0.4, 0.5) is 0 Å². The van der Waals surface area contributed by atoms with Gasteiger partial charge in [-0.25, -0.2) is 0 Å². The van der Waals surface area contributed by atoms with Gasteiger partial charge in [0.25, 0.3) is 0 Å². The number of nitrogens with one attached hydrogen (secondary N) is 2. The molecule has 2 atom stereocenters. The number of amides is 1. The summed E-state index contributed by atoms with van der Waals surface area (Å²) in [5.74, 6) is 2.04. The van der Waals surface area contributed by atoms with Crippen molar-refractivity contribution in [2.75, 3.05) is 13.1 Å². The molecule has 3 aromatic rings. The molecule has 0 radical (unpaired) electrons. The van der Waals surface area contributed by atoms with E-state index in [2.05, 4.69) is 52.5 Å². The van der Waals surface area contributed by atoms with Gasteiger partial charge in [0.1, 0.15) is 6.54 Å². The van der Waals surface area contributed by atoms with Crippen molar-refractivity contribution in [2.45, 2.75) is 46.8 Å². The second-order valence-corrected chi connectivity index (χ2v) is 9.88. The van der Waals surface area contributed by atoms with Crippen LogP contribution in [0.25, 0.3) is 11.4 Å². The van der Waals surface area contributed by atoms with E-state index in [9.17, 15) is 4.79 Å². The predicted octanol–water partition coefficient (Wildman–Crippen LogP) is 4.71. The van der Waals surface area contributed by atoms with Crippen molar-refractivity contribution >= 4 is 18.1 Å². The Hall–Kier alpha value is -2.77. The van der Waals surface area contributed by atoms with E-state index in [-0.39, 0.29) is 12.5 Å². The maximum absolute atomic E-state index is 12.8. The molecule has 33 heavy (non-hydrogen) atoms. The average molecular weight is 464 g/mol. The summed E-state index contributed by atoms with van der Waals surface area (Å²) in [7, 11) is 0. The third-order valence-corrected chi connectivity index (χ3v) is 6.58. The second-order valence-electron chi connectivity index (χ2n) is 9.49. The van der Waals surface area contributed by atoms with Crippen LogP contribution < -0.4 is 5.32 Å². The molecule has 0 saturated carbocycles. The Labute approximate surface area is 201 Å². The molecule has 2 N–H and O–H groups in total. The van der Waals surface area contributed by atoms with Crippen LogP contribution in [0.1, 0.15) is 37.0 Å². The molecule has 7 heteroatoms. The number of carbonyl (C=O) groups excluding carboxylic acids is 1. The lowest BCUT2D eigenvalue weighted by molar-refractivity contribution is -0.121. The summed E-state index contributed by atoms with van der Waals surface area (Å²) in [5.41, 5.74) is 4.50. The Balaban J connectivity index is 1.42. The van der Waals surface area contributed by atoms with Gasteiger partial charge < -0.3 is 5.32 Å². The highest BCUT2D eigenvalue weighted by Crippen LogP contribution is 2.23. The molecule has 2 heterocycles. The van der Waals surface area contributed by atoms with E-state index in [1.165, 1.54) is 12.0 Å². The van der Waals surface area contributed by atoms with Gasteiger partial charge >= 0.3 is 0 Å². The Morgan fingerprint density at radius 1 is 1.12 bits per heavy atom. The first-order valence-electron chi connectivity index (χ1n) is 11.7. The first kappa shape index (κ1) is 23.4. The summed E-state index contributed by atoms with van der Waals surface area (Å²) in [6, 6.07) is 16.4. The van der Waals surface area contributed by atoms with E-state index >= 15 is 0 Å². The monoisotopic (exact) mass is 463 g/mol. The molecule has 1 amide bonds. The van der Waals surface area contributed by atoms with E-state index in [1.807, 2.05) is 37.3 Å². The number of aromatic nitrogens is 3. The van der Waals surface area contributed by atoms with E-state index in [0.29, 0.717) is 17.1 Å². The summed E-state index contributed by atoms with van der Waals surface area (Å²) in [5, 5.41) is 10.3. The molecule has 1 aliphatic rings. The molecule has 2 unspecified atom stereocenters. The fourth-order valence-electron chi connectivity index (χ4n) is 4.91. The van der Waals surface area contributed by atoms with Crippen molar-refractivity contribution in [2.24, 2.45) is 11.8 Å². The largest absolute Gasteiger partial charge is 0.350 e. The van der Waals surface area contributed by atoms with Crippen molar-refractivity contribution < 1.29 is 4.79 Å². The lowest BCUT2D eigenvalue weighted by Gasteiger charge is -2.35. The van der Waals surface area contributed by atoms with Gasteiger partial charge in [-0.3, -0.25) is 19.4 Å². The molecule has 0 bridgehead atoms. The van der Waals surface area contributed by atoms with Crippen molar-refractivity contribution in [3.05, 3.63) is 70.0 Å². The predicted molar refractivity (Wildman–Crippen MR) is 134 cm³/mol. The molecular formula is C26H33N5OS. The number of hydrogen-bond acceptors (Lipinski definition) is 4. The zero-order chi connectivity index (χ0) is 23.4. The minimum absolute atomic E-state index is 0.0866. The first-order chi connectivity index (χ1) is 15.9. The maximum atomic E-state index is 12.8. The second kappa shape index (κ2) is 10.4. The standard InChI is InChI=1S/C26H33N5OS/c1-18-7-6-10-21(12-18)25-28-29-26(33)31(25)17-24(32)27-13-22-8-4-5-9-23(22)16-30-14-19(2)11-20(3)15-30/h4-10,12,19-20H,11,13-17H2,1-3H3,(H,27,32)(H,29,33). The van der Waals surface area contributed by atoms with E-state index in [1.54, 1.807) is 4.57 Å². The molecule has 174 valence electrons. The lowest BCUT2D eigenvalue weighted by atomic mass is 9.91. The Morgan fingerprint density at radius 3 is 2.58 bits per heavy atom. The molecule has 1 saturated heterocycles. The third-order valence-electron chi connectivity index (χ3n) is 6.27. The number of H-pyrrole nitrogens is 1. The van der Waals surface area contributed by atoms with Crippen LogP contribution in [0, 0.1) is 23.5 Å². The summed E-state index contributed by atoms with van der Waals surface area (Å²) in [6.07, 6.45) is 1.30. The average Bonchev–Trinajstić information content (AvgIpc) is 3.12. The Kier molecular flexibility index (Phi) is 7.40. The van der Waals surface area contributed by atoms with Gasteiger partial charge in [-0.1, -0.05) is 61.9 Å².